The zero-order valence-corrected chi connectivity index (χ0v) is 8.66. The number of benzene rings is 1. The Kier molecular flexibility index (Phi) is 2.12. The summed E-state index contributed by atoms with van der Waals surface area (Å²) in [5.74, 6) is 0.886. The number of nitrogens with zero attached hydrogens (tertiary/aromatic N) is 1. The van der Waals surface area contributed by atoms with Crippen LogP contribution in [-0.4, -0.2) is 5.16 Å². The zero-order valence-electron chi connectivity index (χ0n) is 8.66. The molecule has 14 heavy (non-hydrogen) atoms. The molecule has 72 valence electrons. The van der Waals surface area contributed by atoms with Gasteiger partial charge in [-0.05, 0) is 31.9 Å². The van der Waals surface area contributed by atoms with E-state index in [1.165, 1.54) is 11.1 Å². The van der Waals surface area contributed by atoms with Crippen molar-refractivity contribution >= 4 is 0 Å². The van der Waals surface area contributed by atoms with Gasteiger partial charge < -0.3 is 4.52 Å². The molecule has 2 rings (SSSR count). The van der Waals surface area contributed by atoms with Crippen molar-refractivity contribution in [2.24, 2.45) is 0 Å². The van der Waals surface area contributed by atoms with Crippen LogP contribution in [0.2, 0.25) is 0 Å². The number of hydrogen-bond acceptors (Lipinski definition) is 2. The Labute approximate surface area is 83.5 Å². The number of aryl methyl sites for hydroxylation is 3. The fourth-order valence-corrected chi connectivity index (χ4v) is 1.72. The second-order valence-corrected chi connectivity index (χ2v) is 3.51. The van der Waals surface area contributed by atoms with Crippen LogP contribution in [0, 0.1) is 20.8 Å². The Morgan fingerprint density at radius 1 is 1.07 bits per heavy atom. The first-order valence-corrected chi connectivity index (χ1v) is 4.69. The van der Waals surface area contributed by atoms with Gasteiger partial charge in [-0.25, -0.2) is 0 Å². The third kappa shape index (κ3) is 1.33. The molecule has 2 heteroatoms. The van der Waals surface area contributed by atoms with Crippen molar-refractivity contribution in [1.82, 2.24) is 5.16 Å². The van der Waals surface area contributed by atoms with Gasteiger partial charge >= 0.3 is 0 Å². The molecule has 0 aliphatic carbocycles. The van der Waals surface area contributed by atoms with E-state index >= 15 is 0 Å². The quantitative estimate of drug-likeness (QED) is 0.684. The van der Waals surface area contributed by atoms with Crippen molar-refractivity contribution in [2.45, 2.75) is 20.8 Å². The lowest BCUT2D eigenvalue weighted by Gasteiger charge is -2.03. The van der Waals surface area contributed by atoms with Crippen molar-refractivity contribution in [1.29, 1.82) is 0 Å². The summed E-state index contributed by atoms with van der Waals surface area (Å²) in [7, 11) is 0. The van der Waals surface area contributed by atoms with E-state index in [2.05, 4.69) is 24.2 Å². The molecule has 0 bridgehead atoms. The molecule has 0 unspecified atom stereocenters. The maximum atomic E-state index is 5.15. The van der Waals surface area contributed by atoms with Crippen LogP contribution in [0.5, 0.6) is 0 Å². The molecule has 0 atom stereocenters. The lowest BCUT2D eigenvalue weighted by atomic mass is 9.99. The van der Waals surface area contributed by atoms with Gasteiger partial charge in [-0.3, -0.25) is 0 Å². The van der Waals surface area contributed by atoms with Crippen LogP contribution in [0.3, 0.4) is 0 Å². The molecule has 1 aromatic carbocycles. The third-order valence-corrected chi connectivity index (χ3v) is 2.45. The van der Waals surface area contributed by atoms with Crippen molar-refractivity contribution in [3.63, 3.8) is 0 Å². The molecule has 0 N–H and O–H groups in total. The summed E-state index contributed by atoms with van der Waals surface area (Å²) in [4.78, 5) is 0. The maximum absolute atomic E-state index is 5.15. The lowest BCUT2D eigenvalue weighted by Crippen LogP contribution is -1.85. The smallest absolute Gasteiger partial charge is 0.141 e. The van der Waals surface area contributed by atoms with Gasteiger partial charge in [-0.15, -0.1) is 0 Å². The van der Waals surface area contributed by atoms with Gasteiger partial charge in [0.25, 0.3) is 0 Å². The number of rotatable bonds is 1. The fourth-order valence-electron chi connectivity index (χ4n) is 1.72. The predicted molar refractivity (Wildman–Crippen MR) is 56.2 cm³/mol. The molecule has 0 radical (unpaired) electrons. The lowest BCUT2D eigenvalue weighted by molar-refractivity contribution is 0.393. The van der Waals surface area contributed by atoms with Crippen LogP contribution >= 0.6 is 0 Å². The zero-order chi connectivity index (χ0) is 10.1. The van der Waals surface area contributed by atoms with E-state index in [-0.39, 0.29) is 0 Å². The molecule has 0 amide bonds. The van der Waals surface area contributed by atoms with E-state index in [9.17, 15) is 0 Å². The molecule has 1 heterocycles. The second kappa shape index (κ2) is 3.29. The molecule has 2 aromatic rings. The van der Waals surface area contributed by atoms with E-state index in [1.54, 1.807) is 0 Å². The minimum Gasteiger partial charge on any atom is -0.361 e. The molecule has 0 spiro atoms. The van der Waals surface area contributed by atoms with Crippen molar-refractivity contribution in [3.05, 3.63) is 41.3 Å². The van der Waals surface area contributed by atoms with Crippen LogP contribution in [0.4, 0.5) is 0 Å². The predicted octanol–water partition coefficient (Wildman–Crippen LogP) is 3.27. The summed E-state index contributed by atoms with van der Waals surface area (Å²) in [6, 6.07) is 8.27. The highest BCUT2D eigenvalue weighted by Crippen LogP contribution is 2.28. The Balaban J connectivity index is 2.66. The highest BCUT2D eigenvalue weighted by atomic mass is 16.5. The Morgan fingerprint density at radius 2 is 1.79 bits per heavy atom. The molecule has 0 fully saturated rings. The van der Waals surface area contributed by atoms with Crippen molar-refractivity contribution in [3.8, 4) is 11.1 Å². The van der Waals surface area contributed by atoms with Crippen LogP contribution < -0.4 is 0 Å². The highest BCUT2D eigenvalue weighted by molar-refractivity contribution is 5.70. The minimum atomic E-state index is 0.886. The molecule has 0 saturated carbocycles. The standard InChI is InChI=1S/C12H13NO/c1-8-6-4-5-7-11(8)12-9(2)13-14-10(12)3/h4-7H,1-3H3. The Bertz CT molecular complexity index is 438. The van der Waals surface area contributed by atoms with E-state index in [0.29, 0.717) is 0 Å². The summed E-state index contributed by atoms with van der Waals surface area (Å²) >= 11 is 0. The van der Waals surface area contributed by atoms with Crippen molar-refractivity contribution < 1.29 is 4.52 Å². The van der Waals surface area contributed by atoms with E-state index in [4.69, 9.17) is 4.52 Å². The first kappa shape index (κ1) is 9.00. The summed E-state index contributed by atoms with van der Waals surface area (Å²) in [5, 5.41) is 3.96. The van der Waals surface area contributed by atoms with Gasteiger partial charge in [-0.1, -0.05) is 29.4 Å². The minimum absolute atomic E-state index is 0.886. The molecule has 2 nitrogen and oxygen atoms in total. The fraction of sp³-hybridized carbons (Fsp3) is 0.250. The molecular weight excluding hydrogens is 174 g/mol. The third-order valence-electron chi connectivity index (χ3n) is 2.45. The van der Waals surface area contributed by atoms with E-state index in [0.717, 1.165) is 17.0 Å². The molecule has 1 aromatic heterocycles. The van der Waals surface area contributed by atoms with E-state index < -0.39 is 0 Å². The maximum Gasteiger partial charge on any atom is 0.141 e. The Morgan fingerprint density at radius 3 is 2.36 bits per heavy atom. The van der Waals surface area contributed by atoms with Gasteiger partial charge in [0.15, 0.2) is 0 Å². The molecule has 0 saturated heterocycles. The second-order valence-electron chi connectivity index (χ2n) is 3.51. The van der Waals surface area contributed by atoms with Crippen LogP contribution in [0.1, 0.15) is 17.0 Å². The molecule has 0 aliphatic heterocycles. The topological polar surface area (TPSA) is 26.0 Å². The summed E-state index contributed by atoms with van der Waals surface area (Å²) in [5.41, 5.74) is 4.55. The SMILES string of the molecule is Cc1ccccc1-c1c(C)noc1C. The normalized spacial score (nSPS) is 10.5. The van der Waals surface area contributed by atoms with Gasteiger partial charge in [0, 0.05) is 5.56 Å². The summed E-state index contributed by atoms with van der Waals surface area (Å²) in [6.45, 7) is 6.02. The first-order valence-electron chi connectivity index (χ1n) is 4.69. The number of hydrogen-bond donors (Lipinski definition) is 0. The highest BCUT2D eigenvalue weighted by Gasteiger charge is 2.12. The average Bonchev–Trinajstić information content (AvgIpc) is 2.48. The van der Waals surface area contributed by atoms with Gasteiger partial charge in [0.2, 0.25) is 0 Å². The Hall–Kier alpha value is -1.57. The average molecular weight is 187 g/mol. The summed E-state index contributed by atoms with van der Waals surface area (Å²) < 4.78 is 5.15. The number of aromatic nitrogens is 1. The molecule has 0 aliphatic rings. The van der Waals surface area contributed by atoms with Gasteiger partial charge in [0.1, 0.15) is 5.76 Å². The van der Waals surface area contributed by atoms with Gasteiger partial charge in [-0.2, -0.15) is 0 Å². The van der Waals surface area contributed by atoms with Crippen LogP contribution in [-0.2, 0) is 0 Å². The summed E-state index contributed by atoms with van der Waals surface area (Å²) in [6.07, 6.45) is 0. The van der Waals surface area contributed by atoms with Gasteiger partial charge in [0.05, 0.1) is 5.69 Å². The van der Waals surface area contributed by atoms with Crippen molar-refractivity contribution in [2.75, 3.05) is 0 Å². The molecular formula is C12H13NO. The van der Waals surface area contributed by atoms with E-state index in [1.807, 2.05) is 26.0 Å². The largest absolute Gasteiger partial charge is 0.361 e. The van der Waals surface area contributed by atoms with Crippen LogP contribution in [0.15, 0.2) is 28.8 Å². The van der Waals surface area contributed by atoms with Crippen LogP contribution in [0.25, 0.3) is 11.1 Å². The first-order chi connectivity index (χ1) is 6.70. The monoisotopic (exact) mass is 187 g/mol.